The topological polar surface area (TPSA) is 15.3 Å². The van der Waals surface area contributed by atoms with Crippen molar-refractivity contribution in [3.05, 3.63) is 0 Å². The molecule has 0 radical (unpaired) electrons. The number of hydrogen-bond donors (Lipinski definition) is 1. The Bertz CT molecular complexity index is 217. The molecule has 1 rings (SSSR count). The van der Waals surface area contributed by atoms with Gasteiger partial charge >= 0.3 is 0 Å². The molecule has 0 saturated heterocycles. The molecule has 1 saturated carbocycles. The van der Waals surface area contributed by atoms with E-state index in [1.165, 1.54) is 64.6 Å². The van der Waals surface area contributed by atoms with Crippen LogP contribution in [0.4, 0.5) is 0 Å². The van der Waals surface area contributed by atoms with E-state index in [0.29, 0.717) is 0 Å². The molecule has 0 spiro atoms. The van der Waals surface area contributed by atoms with Crippen LogP contribution in [0.2, 0.25) is 0 Å². The third kappa shape index (κ3) is 5.43. The molecular formula is C17H36N2. The summed E-state index contributed by atoms with van der Waals surface area (Å²) in [7, 11) is 0. The molecule has 1 aliphatic rings. The lowest BCUT2D eigenvalue weighted by Crippen LogP contribution is -2.53. The minimum Gasteiger partial charge on any atom is -0.312 e. The summed E-state index contributed by atoms with van der Waals surface area (Å²) < 4.78 is 0. The summed E-state index contributed by atoms with van der Waals surface area (Å²) in [5, 5.41) is 3.82. The molecule has 1 N–H and O–H groups in total. The first-order chi connectivity index (χ1) is 9.26. The third-order valence-electron chi connectivity index (χ3n) is 4.66. The van der Waals surface area contributed by atoms with E-state index < -0.39 is 0 Å². The van der Waals surface area contributed by atoms with Crippen molar-refractivity contribution in [3.63, 3.8) is 0 Å². The number of hydrogen-bond acceptors (Lipinski definition) is 2. The van der Waals surface area contributed by atoms with Gasteiger partial charge in [-0.25, -0.2) is 0 Å². The van der Waals surface area contributed by atoms with E-state index in [9.17, 15) is 0 Å². The largest absolute Gasteiger partial charge is 0.312 e. The summed E-state index contributed by atoms with van der Waals surface area (Å²) in [6.07, 6.45) is 9.56. The predicted molar refractivity (Wildman–Crippen MR) is 85.7 cm³/mol. The Morgan fingerprint density at radius 3 is 2.37 bits per heavy atom. The molecule has 0 aromatic rings. The number of likely N-dealkylation sites (N-methyl/N-ethyl adjacent to an activating group) is 1. The van der Waals surface area contributed by atoms with E-state index >= 15 is 0 Å². The molecule has 1 fully saturated rings. The predicted octanol–water partition coefficient (Wildman–Crippen LogP) is 4.06. The van der Waals surface area contributed by atoms with E-state index in [4.69, 9.17) is 0 Å². The fraction of sp³-hybridized carbons (Fsp3) is 1.00. The van der Waals surface area contributed by atoms with E-state index in [1.807, 2.05) is 0 Å². The van der Waals surface area contributed by atoms with Crippen LogP contribution < -0.4 is 5.32 Å². The summed E-state index contributed by atoms with van der Waals surface area (Å²) >= 11 is 0. The van der Waals surface area contributed by atoms with Gasteiger partial charge in [-0.05, 0) is 57.7 Å². The van der Waals surface area contributed by atoms with Crippen LogP contribution in [0.15, 0.2) is 0 Å². The van der Waals surface area contributed by atoms with Crippen LogP contribution in [0.3, 0.4) is 0 Å². The van der Waals surface area contributed by atoms with E-state index in [-0.39, 0.29) is 0 Å². The molecule has 0 aromatic heterocycles. The van der Waals surface area contributed by atoms with Crippen molar-refractivity contribution < 1.29 is 0 Å². The quantitative estimate of drug-likeness (QED) is 0.678. The highest BCUT2D eigenvalue weighted by Crippen LogP contribution is 2.31. The van der Waals surface area contributed by atoms with Crippen LogP contribution in [-0.2, 0) is 0 Å². The van der Waals surface area contributed by atoms with Gasteiger partial charge in [0.05, 0.1) is 0 Å². The average molecular weight is 268 g/mol. The first-order valence-electron chi connectivity index (χ1n) is 8.74. The maximum Gasteiger partial charge on any atom is 0.0251 e. The monoisotopic (exact) mass is 268 g/mol. The summed E-state index contributed by atoms with van der Waals surface area (Å²) in [6, 6.07) is 1.52. The second-order valence-corrected chi connectivity index (χ2v) is 6.22. The van der Waals surface area contributed by atoms with E-state index in [1.54, 1.807) is 0 Å². The average Bonchev–Trinajstić information content (AvgIpc) is 2.43. The van der Waals surface area contributed by atoms with Gasteiger partial charge in [0.25, 0.3) is 0 Å². The number of nitrogens with one attached hydrogen (secondary N) is 1. The number of rotatable bonds is 9. The summed E-state index contributed by atoms with van der Waals surface area (Å²) in [5.41, 5.74) is 0. The van der Waals surface area contributed by atoms with Crippen molar-refractivity contribution in [1.82, 2.24) is 10.2 Å². The fourth-order valence-electron chi connectivity index (χ4n) is 3.72. The van der Waals surface area contributed by atoms with Gasteiger partial charge in [0, 0.05) is 12.1 Å². The van der Waals surface area contributed by atoms with Gasteiger partial charge < -0.3 is 5.32 Å². The first-order valence-corrected chi connectivity index (χ1v) is 8.74. The van der Waals surface area contributed by atoms with Crippen LogP contribution in [0, 0.1) is 5.92 Å². The van der Waals surface area contributed by atoms with Gasteiger partial charge in [-0.15, -0.1) is 0 Å². The normalized spacial score (nSPS) is 27.9. The van der Waals surface area contributed by atoms with Crippen LogP contribution in [0.25, 0.3) is 0 Å². The zero-order chi connectivity index (χ0) is 14.1. The molecule has 114 valence electrons. The van der Waals surface area contributed by atoms with Gasteiger partial charge in [0.15, 0.2) is 0 Å². The van der Waals surface area contributed by atoms with Gasteiger partial charge in [0.1, 0.15) is 0 Å². The molecule has 19 heavy (non-hydrogen) atoms. The Hall–Kier alpha value is -0.0800. The first kappa shape index (κ1) is 17.0. The number of nitrogens with zero attached hydrogens (tertiary/aromatic N) is 1. The van der Waals surface area contributed by atoms with Gasteiger partial charge in [0.2, 0.25) is 0 Å². The zero-order valence-corrected chi connectivity index (χ0v) is 13.8. The highest BCUT2D eigenvalue weighted by atomic mass is 15.2. The standard InChI is InChI=1S/C17H36N2/c1-5-9-15-10-11-16(18-12-6-2)17(14-15)19(8-4)13-7-3/h15-18H,5-14H2,1-4H3. The second kappa shape index (κ2) is 9.77. The van der Waals surface area contributed by atoms with E-state index in [2.05, 4.69) is 37.9 Å². The zero-order valence-electron chi connectivity index (χ0n) is 13.8. The molecule has 2 nitrogen and oxygen atoms in total. The van der Waals surface area contributed by atoms with Crippen molar-refractivity contribution >= 4 is 0 Å². The van der Waals surface area contributed by atoms with Gasteiger partial charge in [-0.1, -0.05) is 40.5 Å². The Balaban J connectivity index is 2.62. The lowest BCUT2D eigenvalue weighted by molar-refractivity contribution is 0.0981. The Kier molecular flexibility index (Phi) is 8.72. The molecule has 0 bridgehead atoms. The Morgan fingerprint density at radius 1 is 1.00 bits per heavy atom. The minimum absolute atomic E-state index is 0.736. The van der Waals surface area contributed by atoms with Crippen LogP contribution in [0.1, 0.15) is 72.6 Å². The summed E-state index contributed by atoms with van der Waals surface area (Å²) in [6.45, 7) is 12.9. The van der Waals surface area contributed by atoms with Crippen molar-refractivity contribution in [2.75, 3.05) is 19.6 Å². The van der Waals surface area contributed by atoms with Crippen LogP contribution in [-0.4, -0.2) is 36.6 Å². The SMILES string of the molecule is CCCNC1CCC(CCC)CC1N(CC)CCC. The van der Waals surface area contributed by atoms with Crippen molar-refractivity contribution in [1.29, 1.82) is 0 Å². The van der Waals surface area contributed by atoms with Crippen molar-refractivity contribution in [3.8, 4) is 0 Å². The third-order valence-corrected chi connectivity index (χ3v) is 4.66. The molecule has 0 aliphatic heterocycles. The molecule has 0 amide bonds. The van der Waals surface area contributed by atoms with Crippen LogP contribution in [0.5, 0.6) is 0 Å². The maximum atomic E-state index is 3.82. The highest BCUT2D eigenvalue weighted by molar-refractivity contribution is 4.90. The van der Waals surface area contributed by atoms with Crippen LogP contribution >= 0.6 is 0 Å². The smallest absolute Gasteiger partial charge is 0.0251 e. The molecule has 3 unspecified atom stereocenters. The lowest BCUT2D eigenvalue weighted by Gasteiger charge is -2.43. The molecule has 3 atom stereocenters. The minimum atomic E-state index is 0.736. The van der Waals surface area contributed by atoms with Crippen molar-refractivity contribution in [2.24, 2.45) is 5.92 Å². The second-order valence-electron chi connectivity index (χ2n) is 6.22. The lowest BCUT2D eigenvalue weighted by atomic mass is 9.79. The molecule has 1 aliphatic carbocycles. The van der Waals surface area contributed by atoms with E-state index in [0.717, 1.165) is 18.0 Å². The van der Waals surface area contributed by atoms with Gasteiger partial charge in [-0.2, -0.15) is 0 Å². The molecule has 0 heterocycles. The summed E-state index contributed by atoms with van der Waals surface area (Å²) in [4.78, 5) is 2.73. The molecule has 2 heteroatoms. The molecule has 0 aromatic carbocycles. The highest BCUT2D eigenvalue weighted by Gasteiger charge is 2.32. The maximum absolute atomic E-state index is 3.82. The van der Waals surface area contributed by atoms with Crippen molar-refractivity contribution in [2.45, 2.75) is 84.7 Å². The molecular weight excluding hydrogens is 232 g/mol. The Labute approximate surface area is 121 Å². The van der Waals surface area contributed by atoms with Gasteiger partial charge in [-0.3, -0.25) is 4.90 Å². The summed E-state index contributed by atoms with van der Waals surface area (Å²) in [5.74, 6) is 0.973. The Morgan fingerprint density at radius 2 is 1.79 bits per heavy atom. The fourth-order valence-corrected chi connectivity index (χ4v) is 3.72.